The summed E-state index contributed by atoms with van der Waals surface area (Å²) in [4.78, 5) is 4.42. The van der Waals surface area contributed by atoms with Crippen molar-refractivity contribution < 1.29 is 9.47 Å². The van der Waals surface area contributed by atoms with E-state index in [0.29, 0.717) is 4.83 Å². The molecule has 1 aromatic rings. The van der Waals surface area contributed by atoms with Gasteiger partial charge < -0.3 is 9.47 Å². The van der Waals surface area contributed by atoms with Crippen molar-refractivity contribution in [3.63, 3.8) is 0 Å². The zero-order chi connectivity index (χ0) is 10.7. The van der Waals surface area contributed by atoms with E-state index in [1.54, 1.807) is 12.4 Å². The van der Waals surface area contributed by atoms with Crippen LogP contribution < -0.4 is 4.74 Å². The normalized spacial score (nSPS) is 29.6. The first-order valence-electron chi connectivity index (χ1n) is 5.13. The highest BCUT2D eigenvalue weighted by Crippen LogP contribution is 2.33. The molecule has 1 aromatic heterocycles. The average Bonchev–Trinajstić information content (AvgIpc) is 2.27. The summed E-state index contributed by atoms with van der Waals surface area (Å²) in [6, 6.07) is 3.78. The van der Waals surface area contributed by atoms with Crippen molar-refractivity contribution in [2.45, 2.75) is 30.4 Å². The van der Waals surface area contributed by atoms with Gasteiger partial charge in [0.05, 0.1) is 6.20 Å². The molecule has 4 heteroatoms. The maximum Gasteiger partial charge on any atom is 0.138 e. The molecule has 3 unspecified atom stereocenters. The molecule has 0 amide bonds. The van der Waals surface area contributed by atoms with Crippen LogP contribution in [0.15, 0.2) is 24.5 Å². The number of aromatic nitrogens is 1. The topological polar surface area (TPSA) is 31.4 Å². The maximum atomic E-state index is 5.77. The average molecular weight is 272 g/mol. The van der Waals surface area contributed by atoms with Gasteiger partial charge in [-0.1, -0.05) is 15.9 Å². The fraction of sp³-hybridized carbons (Fsp3) is 0.545. The fourth-order valence-corrected chi connectivity index (χ4v) is 2.50. The third-order valence-corrected chi connectivity index (χ3v) is 3.36. The van der Waals surface area contributed by atoms with Crippen molar-refractivity contribution in [2.75, 3.05) is 6.61 Å². The molecule has 1 fully saturated rings. The molecule has 1 aliphatic carbocycles. The predicted molar refractivity (Wildman–Crippen MR) is 61.4 cm³/mol. The van der Waals surface area contributed by atoms with Crippen LogP contribution in [0.4, 0.5) is 0 Å². The lowest BCUT2D eigenvalue weighted by molar-refractivity contribution is -0.0724. The molecule has 1 heterocycles. The van der Waals surface area contributed by atoms with Crippen LogP contribution in [0.5, 0.6) is 5.75 Å². The number of halogens is 1. The van der Waals surface area contributed by atoms with Crippen LogP contribution in [0.25, 0.3) is 0 Å². The Hall–Kier alpha value is -0.610. The van der Waals surface area contributed by atoms with Gasteiger partial charge in [-0.2, -0.15) is 0 Å². The first-order chi connectivity index (χ1) is 7.31. The lowest BCUT2D eigenvalue weighted by Crippen LogP contribution is -2.52. The van der Waals surface area contributed by atoms with Gasteiger partial charge in [0, 0.05) is 24.1 Å². The summed E-state index contributed by atoms with van der Waals surface area (Å²) in [5.74, 6) is 0.812. The molecule has 0 spiro atoms. The van der Waals surface area contributed by atoms with Gasteiger partial charge in [0.2, 0.25) is 0 Å². The summed E-state index contributed by atoms with van der Waals surface area (Å²) < 4.78 is 11.4. The molecule has 82 valence electrons. The second kappa shape index (κ2) is 4.94. The molecule has 0 aliphatic heterocycles. The summed E-state index contributed by atoms with van der Waals surface area (Å²) in [6.45, 7) is 2.72. The van der Waals surface area contributed by atoms with E-state index in [4.69, 9.17) is 9.47 Å². The van der Waals surface area contributed by atoms with Crippen LogP contribution in [0.2, 0.25) is 0 Å². The van der Waals surface area contributed by atoms with Crippen molar-refractivity contribution in [3.05, 3.63) is 24.5 Å². The van der Waals surface area contributed by atoms with Crippen LogP contribution >= 0.6 is 15.9 Å². The Bertz CT molecular complexity index is 307. The van der Waals surface area contributed by atoms with E-state index >= 15 is 0 Å². The van der Waals surface area contributed by atoms with Gasteiger partial charge in [0.25, 0.3) is 0 Å². The van der Waals surface area contributed by atoms with Crippen LogP contribution in [0, 0.1) is 0 Å². The SMILES string of the molecule is CCOC1C(Br)CC1Oc1cccnc1. The summed E-state index contributed by atoms with van der Waals surface area (Å²) in [5.41, 5.74) is 0. The van der Waals surface area contributed by atoms with Crippen molar-refractivity contribution in [3.8, 4) is 5.75 Å². The van der Waals surface area contributed by atoms with Gasteiger partial charge in [-0.15, -0.1) is 0 Å². The first kappa shape index (κ1) is 10.9. The molecule has 2 rings (SSSR count). The highest BCUT2D eigenvalue weighted by molar-refractivity contribution is 9.09. The van der Waals surface area contributed by atoms with Gasteiger partial charge in [-0.05, 0) is 19.1 Å². The van der Waals surface area contributed by atoms with E-state index in [-0.39, 0.29) is 12.2 Å². The lowest BCUT2D eigenvalue weighted by atomic mass is 9.91. The van der Waals surface area contributed by atoms with Crippen LogP contribution in [-0.4, -0.2) is 28.6 Å². The Balaban J connectivity index is 1.91. The van der Waals surface area contributed by atoms with Gasteiger partial charge in [0.15, 0.2) is 0 Å². The standard InChI is InChI=1S/C11H14BrNO2/c1-2-14-11-9(12)6-10(11)15-8-4-3-5-13-7-8/h3-5,7,9-11H,2,6H2,1H3. The van der Waals surface area contributed by atoms with Gasteiger partial charge >= 0.3 is 0 Å². The smallest absolute Gasteiger partial charge is 0.138 e. The van der Waals surface area contributed by atoms with Gasteiger partial charge in [0.1, 0.15) is 18.0 Å². The van der Waals surface area contributed by atoms with Crippen molar-refractivity contribution >= 4 is 15.9 Å². The highest BCUT2D eigenvalue weighted by Gasteiger charge is 2.42. The molecule has 1 aliphatic rings. The molecule has 3 nitrogen and oxygen atoms in total. The highest BCUT2D eigenvalue weighted by atomic mass is 79.9. The number of hydrogen-bond donors (Lipinski definition) is 0. The Morgan fingerprint density at radius 2 is 2.47 bits per heavy atom. The van der Waals surface area contributed by atoms with E-state index in [2.05, 4.69) is 20.9 Å². The van der Waals surface area contributed by atoms with Crippen molar-refractivity contribution in [1.29, 1.82) is 0 Å². The predicted octanol–water partition coefficient (Wildman–Crippen LogP) is 2.40. The largest absolute Gasteiger partial charge is 0.486 e. The number of alkyl halides is 1. The minimum absolute atomic E-state index is 0.151. The number of pyridine rings is 1. The van der Waals surface area contributed by atoms with Gasteiger partial charge in [-0.25, -0.2) is 0 Å². The molecule has 0 bridgehead atoms. The third kappa shape index (κ3) is 2.49. The molecule has 15 heavy (non-hydrogen) atoms. The minimum Gasteiger partial charge on any atom is -0.486 e. The number of rotatable bonds is 4. The van der Waals surface area contributed by atoms with E-state index in [0.717, 1.165) is 18.8 Å². The van der Waals surface area contributed by atoms with Crippen LogP contribution in [-0.2, 0) is 4.74 Å². The minimum atomic E-state index is 0.151. The van der Waals surface area contributed by atoms with Crippen LogP contribution in [0.3, 0.4) is 0 Å². The Morgan fingerprint density at radius 3 is 3.07 bits per heavy atom. The Morgan fingerprint density at radius 1 is 1.60 bits per heavy atom. The molecular weight excluding hydrogens is 258 g/mol. The number of hydrogen-bond acceptors (Lipinski definition) is 3. The van der Waals surface area contributed by atoms with E-state index in [1.807, 2.05) is 19.1 Å². The maximum absolute atomic E-state index is 5.77. The number of ether oxygens (including phenoxy) is 2. The zero-order valence-electron chi connectivity index (χ0n) is 8.60. The third-order valence-electron chi connectivity index (χ3n) is 2.46. The molecular formula is C11H14BrNO2. The van der Waals surface area contributed by atoms with Crippen molar-refractivity contribution in [1.82, 2.24) is 4.98 Å². The molecule has 0 radical (unpaired) electrons. The molecule has 0 aromatic carbocycles. The molecule has 3 atom stereocenters. The van der Waals surface area contributed by atoms with E-state index in [1.165, 1.54) is 0 Å². The van der Waals surface area contributed by atoms with Crippen LogP contribution in [0.1, 0.15) is 13.3 Å². The monoisotopic (exact) mass is 271 g/mol. The summed E-state index contributed by atoms with van der Waals surface area (Å²) >= 11 is 3.56. The fourth-order valence-electron chi connectivity index (χ4n) is 1.64. The molecule has 1 saturated carbocycles. The summed E-state index contributed by atoms with van der Waals surface area (Å²) in [5, 5.41) is 0. The quantitative estimate of drug-likeness (QED) is 0.789. The van der Waals surface area contributed by atoms with E-state index in [9.17, 15) is 0 Å². The zero-order valence-corrected chi connectivity index (χ0v) is 10.2. The Labute approximate surface area is 97.9 Å². The second-order valence-electron chi connectivity index (χ2n) is 3.52. The first-order valence-corrected chi connectivity index (χ1v) is 6.05. The molecule has 0 N–H and O–H groups in total. The summed E-state index contributed by atoms with van der Waals surface area (Å²) in [6.07, 6.45) is 4.76. The lowest BCUT2D eigenvalue weighted by Gasteiger charge is -2.40. The second-order valence-corrected chi connectivity index (χ2v) is 4.69. The van der Waals surface area contributed by atoms with Crippen molar-refractivity contribution in [2.24, 2.45) is 0 Å². The van der Waals surface area contributed by atoms with E-state index < -0.39 is 0 Å². The summed E-state index contributed by atoms with van der Waals surface area (Å²) in [7, 11) is 0. The van der Waals surface area contributed by atoms with Gasteiger partial charge in [-0.3, -0.25) is 4.98 Å². The Kier molecular flexibility index (Phi) is 3.59. The number of nitrogens with zero attached hydrogens (tertiary/aromatic N) is 1. The molecule has 0 saturated heterocycles.